The molecular weight excluding hydrogens is 266 g/mol. The van der Waals surface area contributed by atoms with Crippen molar-refractivity contribution in [2.24, 2.45) is 5.73 Å². The molecule has 1 amide bonds. The van der Waals surface area contributed by atoms with Crippen LogP contribution in [-0.2, 0) is 0 Å². The molecule has 0 atom stereocenters. The number of nitrogens with zero attached hydrogens (tertiary/aromatic N) is 4. The molecule has 0 spiro atoms. The van der Waals surface area contributed by atoms with Gasteiger partial charge in [-0.3, -0.25) is 4.79 Å². The van der Waals surface area contributed by atoms with Gasteiger partial charge in [-0.2, -0.15) is 0 Å². The molecule has 116 valence electrons. The van der Waals surface area contributed by atoms with E-state index >= 15 is 0 Å². The average Bonchev–Trinajstić information content (AvgIpc) is 2.50. The summed E-state index contributed by atoms with van der Waals surface area (Å²) in [6.07, 6.45) is 4.31. The van der Waals surface area contributed by atoms with Crippen molar-refractivity contribution in [1.82, 2.24) is 15.1 Å². The van der Waals surface area contributed by atoms with Crippen molar-refractivity contribution in [1.29, 1.82) is 0 Å². The first kappa shape index (κ1) is 15.7. The fraction of sp³-hybridized carbons (Fsp3) is 0.667. The average molecular weight is 291 g/mol. The molecule has 1 aromatic rings. The Morgan fingerprint density at radius 1 is 1.24 bits per heavy atom. The molecule has 1 heterocycles. The first-order valence-electron chi connectivity index (χ1n) is 7.60. The second kappa shape index (κ2) is 6.85. The molecule has 21 heavy (non-hydrogen) atoms. The van der Waals surface area contributed by atoms with Crippen molar-refractivity contribution in [2.75, 3.05) is 25.5 Å². The molecule has 0 aromatic carbocycles. The molecule has 0 radical (unpaired) electrons. The lowest BCUT2D eigenvalue weighted by Crippen LogP contribution is -2.41. The Labute approximate surface area is 126 Å². The second-order valence-corrected chi connectivity index (χ2v) is 5.83. The van der Waals surface area contributed by atoms with E-state index in [2.05, 4.69) is 22.0 Å². The van der Waals surface area contributed by atoms with Crippen LogP contribution in [0.3, 0.4) is 0 Å². The van der Waals surface area contributed by atoms with Gasteiger partial charge in [0.05, 0.1) is 0 Å². The first-order valence-corrected chi connectivity index (χ1v) is 7.60. The third-order valence-electron chi connectivity index (χ3n) is 4.09. The van der Waals surface area contributed by atoms with E-state index in [9.17, 15) is 4.79 Å². The van der Waals surface area contributed by atoms with Gasteiger partial charge in [-0.15, -0.1) is 10.2 Å². The molecule has 6 heteroatoms. The van der Waals surface area contributed by atoms with E-state index in [1.54, 1.807) is 20.2 Å². The summed E-state index contributed by atoms with van der Waals surface area (Å²) in [5, 5.41) is 8.32. The lowest BCUT2D eigenvalue weighted by atomic mass is 9.91. The zero-order valence-electron chi connectivity index (χ0n) is 13.1. The number of hydrogen-bond acceptors (Lipinski definition) is 5. The Kier molecular flexibility index (Phi) is 5.12. The fourth-order valence-corrected chi connectivity index (χ4v) is 2.84. The number of carbonyl (C=O) groups excluding carboxylic acids is 1. The highest BCUT2D eigenvalue weighted by Gasteiger charge is 2.24. The van der Waals surface area contributed by atoms with Crippen LogP contribution in [0.2, 0.25) is 0 Å². The van der Waals surface area contributed by atoms with Crippen LogP contribution in [-0.4, -0.2) is 53.7 Å². The highest BCUT2D eigenvalue weighted by Crippen LogP contribution is 2.25. The summed E-state index contributed by atoms with van der Waals surface area (Å²) in [4.78, 5) is 15.6. The summed E-state index contributed by atoms with van der Waals surface area (Å²) in [5.74, 6) is 0.717. The number of hydrogen-bond donors (Lipinski definition) is 1. The van der Waals surface area contributed by atoms with Crippen molar-refractivity contribution in [3.8, 4) is 0 Å². The van der Waals surface area contributed by atoms with Gasteiger partial charge in [0.15, 0.2) is 11.5 Å². The molecule has 1 saturated carbocycles. The van der Waals surface area contributed by atoms with Gasteiger partial charge in [0, 0.05) is 32.7 Å². The molecule has 1 aliphatic carbocycles. The van der Waals surface area contributed by atoms with Gasteiger partial charge >= 0.3 is 0 Å². The Hall–Kier alpha value is -1.69. The van der Waals surface area contributed by atoms with Crippen molar-refractivity contribution in [2.45, 2.75) is 44.7 Å². The Bertz CT molecular complexity index is 465. The molecule has 1 aromatic heterocycles. The minimum Gasteiger partial charge on any atom is -0.352 e. The maximum absolute atomic E-state index is 11.8. The van der Waals surface area contributed by atoms with E-state index < -0.39 is 0 Å². The van der Waals surface area contributed by atoms with Crippen LogP contribution >= 0.6 is 0 Å². The fourth-order valence-electron chi connectivity index (χ4n) is 2.84. The van der Waals surface area contributed by atoms with Gasteiger partial charge in [0.25, 0.3) is 5.91 Å². The van der Waals surface area contributed by atoms with E-state index in [4.69, 9.17) is 5.73 Å². The third kappa shape index (κ3) is 3.69. The molecule has 0 saturated heterocycles. The van der Waals surface area contributed by atoms with Crippen LogP contribution in [0.15, 0.2) is 12.1 Å². The van der Waals surface area contributed by atoms with Gasteiger partial charge < -0.3 is 15.5 Å². The molecule has 6 nitrogen and oxygen atoms in total. The van der Waals surface area contributed by atoms with Gasteiger partial charge in [0.2, 0.25) is 0 Å². The van der Waals surface area contributed by atoms with E-state index in [0.717, 1.165) is 38.0 Å². The lowest BCUT2D eigenvalue weighted by molar-refractivity contribution is 0.0821. The molecule has 1 aliphatic rings. The Morgan fingerprint density at radius 2 is 1.90 bits per heavy atom. The van der Waals surface area contributed by atoms with Crippen LogP contribution in [0.4, 0.5) is 5.82 Å². The predicted octanol–water partition coefficient (Wildman–Crippen LogP) is 1.27. The molecule has 0 aliphatic heterocycles. The maximum atomic E-state index is 11.8. The smallest absolute Gasteiger partial charge is 0.273 e. The van der Waals surface area contributed by atoms with Crippen molar-refractivity contribution in [3.05, 3.63) is 17.8 Å². The molecule has 0 bridgehead atoms. The summed E-state index contributed by atoms with van der Waals surface area (Å²) in [6.45, 7) is 3.00. The van der Waals surface area contributed by atoms with Gasteiger partial charge in [-0.1, -0.05) is 0 Å². The summed E-state index contributed by atoms with van der Waals surface area (Å²) < 4.78 is 0. The van der Waals surface area contributed by atoms with Crippen molar-refractivity contribution >= 4 is 11.7 Å². The topological polar surface area (TPSA) is 75.4 Å². The molecule has 1 fully saturated rings. The van der Waals surface area contributed by atoms with Crippen LogP contribution in [0.1, 0.15) is 43.1 Å². The summed E-state index contributed by atoms with van der Waals surface area (Å²) in [6, 6.07) is 4.45. The standard InChI is InChI=1S/C15H25N5O/c1-4-20(12-7-5-11(16)6-8-12)14-10-9-13(17-18-14)15(21)19(2)3/h9-12H,4-8,16H2,1-3H3. The molecule has 2 N–H and O–H groups in total. The van der Waals surface area contributed by atoms with Gasteiger partial charge in [-0.05, 0) is 44.7 Å². The largest absolute Gasteiger partial charge is 0.352 e. The predicted molar refractivity (Wildman–Crippen MR) is 83.3 cm³/mol. The van der Waals surface area contributed by atoms with Crippen molar-refractivity contribution in [3.63, 3.8) is 0 Å². The number of amides is 1. The van der Waals surface area contributed by atoms with E-state index in [1.807, 2.05) is 6.07 Å². The van der Waals surface area contributed by atoms with Crippen LogP contribution in [0.5, 0.6) is 0 Å². The van der Waals surface area contributed by atoms with E-state index in [-0.39, 0.29) is 5.91 Å². The van der Waals surface area contributed by atoms with Crippen LogP contribution < -0.4 is 10.6 Å². The number of nitrogens with two attached hydrogens (primary N) is 1. The number of rotatable bonds is 4. The van der Waals surface area contributed by atoms with E-state index in [1.165, 1.54) is 4.90 Å². The zero-order chi connectivity index (χ0) is 15.4. The van der Waals surface area contributed by atoms with Crippen LogP contribution in [0.25, 0.3) is 0 Å². The minimum atomic E-state index is -0.124. The molecule has 0 unspecified atom stereocenters. The lowest BCUT2D eigenvalue weighted by Gasteiger charge is -2.36. The Balaban J connectivity index is 2.10. The monoisotopic (exact) mass is 291 g/mol. The normalized spacial score (nSPS) is 21.9. The number of aromatic nitrogens is 2. The van der Waals surface area contributed by atoms with Crippen molar-refractivity contribution < 1.29 is 4.79 Å². The maximum Gasteiger partial charge on any atom is 0.273 e. The quantitative estimate of drug-likeness (QED) is 0.904. The van der Waals surface area contributed by atoms with Crippen LogP contribution in [0, 0.1) is 0 Å². The number of anilines is 1. The van der Waals surface area contributed by atoms with Gasteiger partial charge in [-0.25, -0.2) is 0 Å². The SMILES string of the molecule is CCN(c1ccc(C(=O)N(C)C)nn1)C1CCC(N)CC1. The highest BCUT2D eigenvalue weighted by atomic mass is 16.2. The minimum absolute atomic E-state index is 0.124. The number of carbonyl (C=O) groups is 1. The second-order valence-electron chi connectivity index (χ2n) is 5.83. The summed E-state index contributed by atoms with van der Waals surface area (Å²) in [7, 11) is 3.42. The molecular formula is C15H25N5O. The molecule has 2 rings (SSSR count). The van der Waals surface area contributed by atoms with Gasteiger partial charge in [0.1, 0.15) is 0 Å². The third-order valence-corrected chi connectivity index (χ3v) is 4.09. The summed E-state index contributed by atoms with van der Waals surface area (Å²) in [5.41, 5.74) is 6.35. The summed E-state index contributed by atoms with van der Waals surface area (Å²) >= 11 is 0. The Morgan fingerprint density at radius 3 is 2.38 bits per heavy atom. The first-order chi connectivity index (χ1) is 10.0. The zero-order valence-corrected chi connectivity index (χ0v) is 13.1. The van der Waals surface area contributed by atoms with E-state index in [0.29, 0.717) is 17.8 Å². The highest BCUT2D eigenvalue weighted by molar-refractivity contribution is 5.91.